The van der Waals surface area contributed by atoms with Gasteiger partial charge in [-0.05, 0) is 67.5 Å². The van der Waals surface area contributed by atoms with E-state index in [-0.39, 0.29) is 36.0 Å². The molecule has 8 nitrogen and oxygen atoms in total. The molecule has 8 heteroatoms. The number of carbonyl (C=O) groups is 3. The van der Waals surface area contributed by atoms with Crippen molar-refractivity contribution >= 4 is 29.5 Å². The Kier molecular flexibility index (Phi) is 5.64. The van der Waals surface area contributed by atoms with E-state index in [1.807, 2.05) is 24.3 Å². The van der Waals surface area contributed by atoms with Gasteiger partial charge in [-0.2, -0.15) is 0 Å². The highest BCUT2D eigenvalue weighted by molar-refractivity contribution is 6.22. The Labute approximate surface area is 194 Å². The van der Waals surface area contributed by atoms with Gasteiger partial charge in [-0.25, -0.2) is 19.5 Å². The molecule has 1 saturated heterocycles. The van der Waals surface area contributed by atoms with Gasteiger partial charge in [0, 0.05) is 18.8 Å². The molecular weight excluding hydrogens is 418 g/mol. The summed E-state index contributed by atoms with van der Waals surface area (Å²) in [6, 6.07) is 10.6. The van der Waals surface area contributed by atoms with Gasteiger partial charge in [-0.1, -0.05) is 32.9 Å². The van der Waals surface area contributed by atoms with Crippen LogP contribution in [-0.4, -0.2) is 39.4 Å². The number of benzene rings is 1. The van der Waals surface area contributed by atoms with Gasteiger partial charge in [0.25, 0.3) is 5.91 Å². The second kappa shape index (κ2) is 8.17. The van der Waals surface area contributed by atoms with Crippen LogP contribution >= 0.6 is 0 Å². The first-order valence-corrected chi connectivity index (χ1v) is 11.3. The smallest absolute Gasteiger partial charge is 0.332 e. The quantitative estimate of drug-likeness (QED) is 0.661. The largest absolute Gasteiger partial charge is 0.335 e. The lowest BCUT2D eigenvalue weighted by Gasteiger charge is -2.27. The molecule has 1 aliphatic carbocycles. The summed E-state index contributed by atoms with van der Waals surface area (Å²) in [4.78, 5) is 45.6. The van der Waals surface area contributed by atoms with E-state index < -0.39 is 5.54 Å². The second-order valence-corrected chi connectivity index (χ2v) is 10.3. The molecule has 174 valence electrons. The Hall–Kier alpha value is -3.42. The molecule has 1 aromatic carbocycles. The number of amides is 5. The molecule has 2 heterocycles. The van der Waals surface area contributed by atoms with Crippen LogP contribution in [-0.2, 0) is 16.8 Å². The Morgan fingerprint density at radius 2 is 1.79 bits per heavy atom. The summed E-state index contributed by atoms with van der Waals surface area (Å²) in [5, 5.41) is 5.58. The summed E-state index contributed by atoms with van der Waals surface area (Å²) in [5.41, 5.74) is 1.42. The number of anilines is 2. The van der Waals surface area contributed by atoms with E-state index in [4.69, 9.17) is 0 Å². The minimum absolute atomic E-state index is 0.0223. The third kappa shape index (κ3) is 4.69. The first kappa shape index (κ1) is 22.8. The average Bonchev–Trinajstić information content (AvgIpc) is 3.53. The third-order valence-corrected chi connectivity index (χ3v) is 6.13. The molecular formula is C25H31N5O3. The maximum atomic E-state index is 13.3. The molecule has 4 rings (SSSR count). The Balaban J connectivity index is 1.52. The number of aromatic nitrogens is 1. The molecule has 1 aliphatic heterocycles. The zero-order valence-corrected chi connectivity index (χ0v) is 19.8. The maximum absolute atomic E-state index is 13.3. The molecule has 2 aliphatic rings. The summed E-state index contributed by atoms with van der Waals surface area (Å²) >= 11 is 0. The fraction of sp³-hybridized carbons (Fsp3) is 0.440. The zero-order valence-electron chi connectivity index (χ0n) is 19.8. The van der Waals surface area contributed by atoms with Gasteiger partial charge in [0.1, 0.15) is 11.4 Å². The summed E-state index contributed by atoms with van der Waals surface area (Å²) < 4.78 is 0. The van der Waals surface area contributed by atoms with Crippen LogP contribution in [0.5, 0.6) is 0 Å². The number of pyridine rings is 1. The van der Waals surface area contributed by atoms with Crippen molar-refractivity contribution in [1.29, 1.82) is 0 Å². The summed E-state index contributed by atoms with van der Waals surface area (Å²) in [6.07, 6.45) is 3.58. The molecule has 33 heavy (non-hydrogen) atoms. The van der Waals surface area contributed by atoms with Gasteiger partial charge in [0.2, 0.25) is 0 Å². The predicted octanol–water partition coefficient (Wildman–Crippen LogP) is 4.41. The molecule has 0 bridgehead atoms. The van der Waals surface area contributed by atoms with Gasteiger partial charge in [-0.15, -0.1) is 0 Å². The monoisotopic (exact) mass is 449 g/mol. The average molecular weight is 450 g/mol. The van der Waals surface area contributed by atoms with Gasteiger partial charge < -0.3 is 10.2 Å². The Morgan fingerprint density at radius 3 is 2.39 bits per heavy atom. The molecule has 2 fully saturated rings. The molecule has 2 aromatic rings. The third-order valence-electron chi connectivity index (χ3n) is 6.13. The lowest BCUT2D eigenvalue weighted by Crippen LogP contribution is -2.43. The van der Waals surface area contributed by atoms with Crippen molar-refractivity contribution in [2.45, 2.75) is 71.0 Å². The Morgan fingerprint density at radius 1 is 1.12 bits per heavy atom. The van der Waals surface area contributed by atoms with Crippen LogP contribution in [0.1, 0.15) is 58.6 Å². The van der Waals surface area contributed by atoms with Crippen molar-refractivity contribution in [3.63, 3.8) is 0 Å². The molecule has 0 unspecified atom stereocenters. The van der Waals surface area contributed by atoms with Gasteiger partial charge in [-0.3, -0.25) is 10.1 Å². The summed E-state index contributed by atoms with van der Waals surface area (Å²) in [5.74, 6) is 0.128. The SMILES string of the molecule is CC(C)(C)c1ccc(N2C(=O)N(Cc3ccnc(NC(=O)NC4CC4)c3)C(C)(C)C2=O)cc1. The minimum atomic E-state index is -1.01. The van der Waals surface area contributed by atoms with Crippen LogP contribution in [0.25, 0.3) is 0 Å². The number of rotatable bonds is 5. The second-order valence-electron chi connectivity index (χ2n) is 10.3. The number of imide groups is 1. The van der Waals surface area contributed by atoms with E-state index >= 15 is 0 Å². The normalized spacial score (nSPS) is 18.0. The zero-order chi connectivity index (χ0) is 24.0. The fourth-order valence-corrected chi connectivity index (χ4v) is 3.83. The summed E-state index contributed by atoms with van der Waals surface area (Å²) in [6.45, 7) is 10.1. The van der Waals surface area contributed by atoms with E-state index in [1.54, 1.807) is 37.1 Å². The van der Waals surface area contributed by atoms with Crippen molar-refractivity contribution in [2.75, 3.05) is 10.2 Å². The first-order valence-electron chi connectivity index (χ1n) is 11.3. The molecule has 0 atom stereocenters. The number of carbonyl (C=O) groups excluding carboxylic acids is 3. The van der Waals surface area contributed by atoms with Crippen molar-refractivity contribution in [3.05, 3.63) is 53.7 Å². The highest BCUT2D eigenvalue weighted by Crippen LogP contribution is 2.34. The number of nitrogens with zero attached hydrogens (tertiary/aromatic N) is 3. The fourth-order valence-electron chi connectivity index (χ4n) is 3.83. The van der Waals surface area contributed by atoms with E-state index in [1.165, 1.54) is 4.90 Å². The van der Waals surface area contributed by atoms with Crippen LogP contribution in [0.2, 0.25) is 0 Å². The van der Waals surface area contributed by atoms with Crippen LogP contribution in [0, 0.1) is 0 Å². The Bertz CT molecular complexity index is 1080. The standard InChI is InChI=1S/C25H31N5O3/c1-24(2,3)17-6-10-19(11-7-17)30-21(31)25(4,5)29(23(30)33)15-16-12-13-26-20(14-16)28-22(32)27-18-8-9-18/h6-7,10-14,18H,8-9,15H2,1-5H3,(H2,26,27,28,32). The number of hydrogen-bond donors (Lipinski definition) is 2. The van der Waals surface area contributed by atoms with E-state index in [0.717, 1.165) is 24.0 Å². The van der Waals surface area contributed by atoms with Gasteiger partial charge in [0.05, 0.1) is 5.69 Å². The van der Waals surface area contributed by atoms with Crippen LogP contribution in [0.4, 0.5) is 21.1 Å². The summed E-state index contributed by atoms with van der Waals surface area (Å²) in [7, 11) is 0. The van der Waals surface area contributed by atoms with Gasteiger partial charge >= 0.3 is 12.1 Å². The maximum Gasteiger partial charge on any atom is 0.332 e. The van der Waals surface area contributed by atoms with Crippen molar-refractivity contribution < 1.29 is 14.4 Å². The van der Waals surface area contributed by atoms with Crippen LogP contribution in [0.3, 0.4) is 0 Å². The van der Waals surface area contributed by atoms with Gasteiger partial charge in [0.15, 0.2) is 0 Å². The van der Waals surface area contributed by atoms with Crippen LogP contribution in [0.15, 0.2) is 42.6 Å². The number of hydrogen-bond acceptors (Lipinski definition) is 4. The first-order chi connectivity index (χ1) is 15.5. The van der Waals surface area contributed by atoms with E-state index in [9.17, 15) is 14.4 Å². The molecule has 2 N–H and O–H groups in total. The molecule has 1 saturated carbocycles. The molecule has 0 spiro atoms. The van der Waals surface area contributed by atoms with Crippen molar-refractivity contribution in [1.82, 2.24) is 15.2 Å². The lowest BCUT2D eigenvalue weighted by molar-refractivity contribution is -0.123. The predicted molar refractivity (Wildman–Crippen MR) is 127 cm³/mol. The highest BCUT2D eigenvalue weighted by atomic mass is 16.2. The van der Waals surface area contributed by atoms with E-state index in [0.29, 0.717) is 11.5 Å². The van der Waals surface area contributed by atoms with Crippen LogP contribution < -0.4 is 15.5 Å². The number of urea groups is 2. The number of nitrogens with one attached hydrogen (secondary N) is 2. The molecule has 0 radical (unpaired) electrons. The van der Waals surface area contributed by atoms with Crippen molar-refractivity contribution in [2.24, 2.45) is 0 Å². The molecule has 1 aromatic heterocycles. The minimum Gasteiger partial charge on any atom is -0.335 e. The molecule has 5 amide bonds. The highest BCUT2D eigenvalue weighted by Gasteiger charge is 2.51. The van der Waals surface area contributed by atoms with E-state index in [2.05, 4.69) is 36.4 Å². The topological polar surface area (TPSA) is 94.6 Å². The van der Waals surface area contributed by atoms with Crippen molar-refractivity contribution in [3.8, 4) is 0 Å². The lowest BCUT2D eigenvalue weighted by atomic mass is 9.87.